The summed E-state index contributed by atoms with van der Waals surface area (Å²) in [5.41, 5.74) is 1.97. The van der Waals surface area contributed by atoms with E-state index in [0.717, 1.165) is 22.2 Å². The SMILES string of the molecule is CC(=O)Oc1cc2c(OCc3ccccc3)cccc2[nH]1. The van der Waals surface area contributed by atoms with Crippen LogP contribution >= 0.6 is 0 Å². The van der Waals surface area contributed by atoms with Crippen molar-refractivity contribution < 1.29 is 14.3 Å². The number of ether oxygens (including phenoxy) is 2. The van der Waals surface area contributed by atoms with Gasteiger partial charge in [-0.3, -0.25) is 4.79 Å². The molecule has 0 bridgehead atoms. The molecule has 3 rings (SSSR count). The number of aromatic nitrogens is 1. The molecule has 4 nitrogen and oxygen atoms in total. The Bertz CT molecular complexity index is 762. The van der Waals surface area contributed by atoms with Gasteiger partial charge in [0.2, 0.25) is 5.88 Å². The first-order valence-corrected chi connectivity index (χ1v) is 6.69. The summed E-state index contributed by atoms with van der Waals surface area (Å²) in [5, 5.41) is 0.893. The molecule has 0 atom stereocenters. The van der Waals surface area contributed by atoms with Gasteiger partial charge in [-0.2, -0.15) is 0 Å². The van der Waals surface area contributed by atoms with E-state index >= 15 is 0 Å². The molecule has 3 aromatic rings. The van der Waals surface area contributed by atoms with Crippen LogP contribution in [0.1, 0.15) is 12.5 Å². The quantitative estimate of drug-likeness (QED) is 0.742. The molecule has 0 aliphatic carbocycles. The van der Waals surface area contributed by atoms with Crippen LogP contribution in [0.3, 0.4) is 0 Å². The van der Waals surface area contributed by atoms with Gasteiger partial charge in [-0.15, -0.1) is 0 Å². The molecule has 0 spiro atoms. The summed E-state index contributed by atoms with van der Waals surface area (Å²) in [7, 11) is 0. The summed E-state index contributed by atoms with van der Waals surface area (Å²) in [6, 6.07) is 17.5. The maximum atomic E-state index is 11.0. The summed E-state index contributed by atoms with van der Waals surface area (Å²) in [4.78, 5) is 14.1. The number of carbonyl (C=O) groups is 1. The van der Waals surface area contributed by atoms with Gasteiger partial charge in [0.25, 0.3) is 0 Å². The molecule has 0 aliphatic heterocycles. The van der Waals surface area contributed by atoms with Crippen molar-refractivity contribution in [1.82, 2.24) is 4.98 Å². The number of rotatable bonds is 4. The minimum absolute atomic E-state index is 0.353. The van der Waals surface area contributed by atoms with Crippen molar-refractivity contribution >= 4 is 16.9 Å². The fraction of sp³-hybridized carbons (Fsp3) is 0.118. The van der Waals surface area contributed by atoms with E-state index in [2.05, 4.69) is 4.98 Å². The number of fused-ring (bicyclic) bond motifs is 1. The van der Waals surface area contributed by atoms with E-state index < -0.39 is 0 Å². The number of benzene rings is 2. The summed E-state index contributed by atoms with van der Waals surface area (Å²) in [6.07, 6.45) is 0. The van der Waals surface area contributed by atoms with Crippen molar-refractivity contribution in [2.75, 3.05) is 0 Å². The predicted molar refractivity (Wildman–Crippen MR) is 80.4 cm³/mol. The van der Waals surface area contributed by atoms with Crippen molar-refractivity contribution in [3.8, 4) is 11.6 Å². The monoisotopic (exact) mass is 281 g/mol. The standard InChI is InChI=1S/C17H15NO3/c1-12(19)21-17-10-14-15(18-17)8-5-9-16(14)20-11-13-6-3-2-4-7-13/h2-10,18H,11H2,1H3. The molecule has 1 aromatic heterocycles. The zero-order valence-electron chi connectivity index (χ0n) is 11.6. The summed E-state index contributed by atoms with van der Waals surface area (Å²) in [5.74, 6) is 0.826. The van der Waals surface area contributed by atoms with Gasteiger partial charge in [-0.25, -0.2) is 0 Å². The molecule has 2 aromatic carbocycles. The topological polar surface area (TPSA) is 51.3 Å². The number of hydrogen-bond acceptors (Lipinski definition) is 3. The van der Waals surface area contributed by atoms with Gasteiger partial charge in [-0.1, -0.05) is 36.4 Å². The van der Waals surface area contributed by atoms with Crippen LogP contribution in [0.5, 0.6) is 11.6 Å². The molecule has 0 saturated heterocycles. The molecule has 0 aliphatic rings. The number of H-pyrrole nitrogens is 1. The Hall–Kier alpha value is -2.75. The van der Waals surface area contributed by atoms with Gasteiger partial charge in [0.15, 0.2) is 0 Å². The van der Waals surface area contributed by atoms with Crippen LogP contribution in [-0.2, 0) is 11.4 Å². The van der Waals surface area contributed by atoms with Crippen molar-refractivity contribution in [3.05, 3.63) is 60.2 Å². The molecule has 106 valence electrons. The number of nitrogens with one attached hydrogen (secondary N) is 1. The molecule has 0 saturated carbocycles. The van der Waals surface area contributed by atoms with E-state index in [1.54, 1.807) is 6.07 Å². The van der Waals surface area contributed by atoms with Gasteiger partial charge < -0.3 is 14.5 Å². The highest BCUT2D eigenvalue weighted by atomic mass is 16.5. The number of aromatic amines is 1. The van der Waals surface area contributed by atoms with Gasteiger partial charge in [0.1, 0.15) is 12.4 Å². The number of carbonyl (C=O) groups excluding carboxylic acids is 1. The lowest BCUT2D eigenvalue weighted by Crippen LogP contribution is -2.00. The van der Waals surface area contributed by atoms with Crippen LogP contribution in [0.2, 0.25) is 0 Å². The zero-order chi connectivity index (χ0) is 14.7. The van der Waals surface area contributed by atoms with Gasteiger partial charge >= 0.3 is 5.97 Å². The third-order valence-electron chi connectivity index (χ3n) is 3.09. The molecule has 21 heavy (non-hydrogen) atoms. The average Bonchev–Trinajstić information content (AvgIpc) is 2.88. The van der Waals surface area contributed by atoms with Crippen molar-refractivity contribution in [2.24, 2.45) is 0 Å². The highest BCUT2D eigenvalue weighted by Crippen LogP contribution is 2.29. The maximum Gasteiger partial charge on any atom is 0.309 e. The summed E-state index contributed by atoms with van der Waals surface area (Å²) >= 11 is 0. The van der Waals surface area contributed by atoms with Gasteiger partial charge in [0.05, 0.1) is 5.52 Å². The minimum atomic E-state index is -0.353. The van der Waals surface area contributed by atoms with E-state index in [9.17, 15) is 4.79 Å². The second kappa shape index (κ2) is 5.71. The normalized spacial score (nSPS) is 10.5. The first-order chi connectivity index (χ1) is 10.2. The third-order valence-corrected chi connectivity index (χ3v) is 3.09. The minimum Gasteiger partial charge on any atom is -0.488 e. The van der Waals surface area contributed by atoms with E-state index in [1.807, 2.05) is 48.5 Å². The van der Waals surface area contributed by atoms with Crippen molar-refractivity contribution in [2.45, 2.75) is 13.5 Å². The Labute approximate surface area is 122 Å². The van der Waals surface area contributed by atoms with Crippen LogP contribution in [0.25, 0.3) is 10.9 Å². The number of hydrogen-bond donors (Lipinski definition) is 1. The van der Waals surface area contributed by atoms with Crippen LogP contribution in [-0.4, -0.2) is 11.0 Å². The first kappa shape index (κ1) is 13.2. The molecule has 1 N–H and O–H groups in total. The second-order valence-electron chi connectivity index (χ2n) is 4.72. The van der Waals surface area contributed by atoms with Crippen LogP contribution < -0.4 is 9.47 Å². The van der Waals surface area contributed by atoms with Crippen LogP contribution in [0, 0.1) is 0 Å². The molecular formula is C17H15NO3. The van der Waals surface area contributed by atoms with Crippen molar-refractivity contribution in [1.29, 1.82) is 0 Å². The highest BCUT2D eigenvalue weighted by Gasteiger charge is 2.08. The predicted octanol–water partition coefficient (Wildman–Crippen LogP) is 3.67. The lowest BCUT2D eigenvalue weighted by atomic mass is 10.2. The van der Waals surface area contributed by atoms with Gasteiger partial charge in [0, 0.05) is 18.4 Å². The summed E-state index contributed by atoms with van der Waals surface area (Å²) in [6.45, 7) is 1.87. The van der Waals surface area contributed by atoms with E-state index in [-0.39, 0.29) is 5.97 Å². The maximum absolute atomic E-state index is 11.0. The van der Waals surface area contributed by atoms with Crippen LogP contribution in [0.15, 0.2) is 54.6 Å². The van der Waals surface area contributed by atoms with Crippen molar-refractivity contribution in [3.63, 3.8) is 0 Å². The first-order valence-electron chi connectivity index (χ1n) is 6.69. The molecule has 0 amide bonds. The Kier molecular flexibility index (Phi) is 3.60. The fourth-order valence-electron chi connectivity index (χ4n) is 2.17. The Morgan fingerprint density at radius 1 is 1.10 bits per heavy atom. The fourth-order valence-corrected chi connectivity index (χ4v) is 2.17. The Morgan fingerprint density at radius 2 is 1.90 bits per heavy atom. The molecule has 0 radical (unpaired) electrons. The molecule has 0 unspecified atom stereocenters. The Morgan fingerprint density at radius 3 is 2.67 bits per heavy atom. The smallest absolute Gasteiger partial charge is 0.309 e. The molecule has 4 heteroatoms. The molecule has 1 heterocycles. The van der Waals surface area contributed by atoms with Crippen LogP contribution in [0.4, 0.5) is 0 Å². The molecule has 0 fully saturated rings. The lowest BCUT2D eigenvalue weighted by molar-refractivity contribution is -0.132. The average molecular weight is 281 g/mol. The zero-order valence-corrected chi connectivity index (χ0v) is 11.6. The summed E-state index contributed by atoms with van der Waals surface area (Å²) < 4.78 is 10.9. The van der Waals surface area contributed by atoms with E-state index in [0.29, 0.717) is 12.5 Å². The Balaban J connectivity index is 1.84. The van der Waals surface area contributed by atoms with E-state index in [1.165, 1.54) is 6.92 Å². The van der Waals surface area contributed by atoms with E-state index in [4.69, 9.17) is 9.47 Å². The highest BCUT2D eigenvalue weighted by molar-refractivity contribution is 5.88. The second-order valence-corrected chi connectivity index (χ2v) is 4.72. The third kappa shape index (κ3) is 3.05. The largest absolute Gasteiger partial charge is 0.488 e. The van der Waals surface area contributed by atoms with Gasteiger partial charge in [-0.05, 0) is 17.7 Å². The number of esters is 1. The molecular weight excluding hydrogens is 266 g/mol. The lowest BCUT2D eigenvalue weighted by Gasteiger charge is -2.07.